The van der Waals surface area contributed by atoms with Crippen LogP contribution in [-0.2, 0) is 13.2 Å². The van der Waals surface area contributed by atoms with Crippen molar-refractivity contribution >= 4 is 12.2 Å². The zero-order valence-corrected chi connectivity index (χ0v) is 17.0. The predicted octanol–water partition coefficient (Wildman–Crippen LogP) is 3.08. The summed E-state index contributed by atoms with van der Waals surface area (Å²) in [6.07, 6.45) is 3.90. The zero-order chi connectivity index (χ0) is 20.2. The van der Waals surface area contributed by atoms with Gasteiger partial charge >= 0.3 is 0 Å². The third-order valence-electron chi connectivity index (χ3n) is 4.44. The number of benzene rings is 2. The number of methoxy groups -OCH3 is 1. The van der Waals surface area contributed by atoms with Gasteiger partial charge in [-0.1, -0.05) is 18.2 Å². The Morgan fingerprint density at radius 2 is 1.76 bits per heavy atom. The number of para-hydroxylation sites is 1. The van der Waals surface area contributed by atoms with Crippen LogP contribution in [0, 0.1) is 4.77 Å². The summed E-state index contributed by atoms with van der Waals surface area (Å²) in [4.78, 5) is 2.11. The van der Waals surface area contributed by atoms with Crippen LogP contribution in [0.3, 0.4) is 0 Å². The highest BCUT2D eigenvalue weighted by molar-refractivity contribution is 7.71. The van der Waals surface area contributed by atoms with E-state index >= 15 is 0 Å². The highest BCUT2D eigenvalue weighted by Crippen LogP contribution is 2.14. The first-order valence-corrected chi connectivity index (χ1v) is 9.49. The molecule has 29 heavy (non-hydrogen) atoms. The average molecular weight is 408 g/mol. The molecule has 0 bridgehead atoms. The molecule has 0 aliphatic heterocycles. The SMILES string of the molecule is COc1ccc(-n2nnn(CN(C)Cc3cnn(-c4ccccc4)c3)c2=S)cc1. The molecule has 0 amide bonds. The van der Waals surface area contributed by atoms with Crippen LogP contribution in [0.1, 0.15) is 5.56 Å². The Balaban J connectivity index is 1.44. The monoisotopic (exact) mass is 407 g/mol. The van der Waals surface area contributed by atoms with Crippen molar-refractivity contribution in [1.29, 1.82) is 0 Å². The van der Waals surface area contributed by atoms with E-state index in [2.05, 4.69) is 20.4 Å². The number of aromatic nitrogens is 6. The van der Waals surface area contributed by atoms with Crippen LogP contribution in [0.4, 0.5) is 0 Å². The van der Waals surface area contributed by atoms with Crippen molar-refractivity contribution < 1.29 is 4.74 Å². The summed E-state index contributed by atoms with van der Waals surface area (Å²) >= 11 is 5.55. The van der Waals surface area contributed by atoms with Crippen molar-refractivity contribution in [1.82, 2.24) is 34.5 Å². The molecule has 0 saturated heterocycles. The van der Waals surface area contributed by atoms with E-state index in [9.17, 15) is 0 Å². The number of hydrogen-bond acceptors (Lipinski definition) is 6. The van der Waals surface area contributed by atoms with Crippen LogP contribution in [0.25, 0.3) is 11.4 Å². The molecule has 148 valence electrons. The topological polar surface area (TPSA) is 65.9 Å². The normalized spacial score (nSPS) is 11.1. The van der Waals surface area contributed by atoms with E-state index in [4.69, 9.17) is 17.0 Å². The maximum atomic E-state index is 5.55. The van der Waals surface area contributed by atoms with E-state index in [1.807, 2.05) is 78.7 Å². The fourth-order valence-electron chi connectivity index (χ4n) is 3.00. The molecule has 8 nitrogen and oxygen atoms in total. The van der Waals surface area contributed by atoms with Crippen molar-refractivity contribution in [2.24, 2.45) is 0 Å². The molecule has 0 fully saturated rings. The summed E-state index contributed by atoms with van der Waals surface area (Å²) in [5.41, 5.74) is 2.98. The first-order valence-electron chi connectivity index (χ1n) is 9.09. The van der Waals surface area contributed by atoms with Gasteiger partial charge in [-0.15, -0.1) is 0 Å². The molecule has 2 aromatic carbocycles. The van der Waals surface area contributed by atoms with Gasteiger partial charge in [-0.25, -0.2) is 9.36 Å². The van der Waals surface area contributed by atoms with Gasteiger partial charge in [0.05, 0.1) is 31.4 Å². The second kappa shape index (κ2) is 8.38. The third-order valence-corrected chi connectivity index (χ3v) is 4.82. The molecule has 0 unspecified atom stereocenters. The summed E-state index contributed by atoms with van der Waals surface area (Å²) in [5.74, 6) is 0.781. The van der Waals surface area contributed by atoms with Gasteiger partial charge in [0, 0.05) is 18.3 Å². The first kappa shape index (κ1) is 19.0. The minimum absolute atomic E-state index is 0.519. The van der Waals surface area contributed by atoms with E-state index in [-0.39, 0.29) is 0 Å². The van der Waals surface area contributed by atoms with Gasteiger partial charge in [-0.2, -0.15) is 9.78 Å². The zero-order valence-electron chi connectivity index (χ0n) is 16.2. The molecule has 0 aliphatic carbocycles. The van der Waals surface area contributed by atoms with Crippen molar-refractivity contribution in [3.63, 3.8) is 0 Å². The molecule has 0 aliphatic rings. The largest absolute Gasteiger partial charge is 0.497 e. The lowest BCUT2D eigenvalue weighted by atomic mass is 10.3. The molecule has 2 aromatic heterocycles. The van der Waals surface area contributed by atoms with Gasteiger partial charge in [0.2, 0.25) is 4.77 Å². The molecule has 0 N–H and O–H groups in total. The molecule has 0 spiro atoms. The van der Waals surface area contributed by atoms with Crippen LogP contribution in [0.5, 0.6) is 5.75 Å². The predicted molar refractivity (Wildman–Crippen MR) is 112 cm³/mol. The Morgan fingerprint density at radius 1 is 1.00 bits per heavy atom. The molecule has 0 radical (unpaired) electrons. The number of rotatable bonds is 7. The van der Waals surface area contributed by atoms with Gasteiger partial charge in [-0.3, -0.25) is 4.90 Å². The van der Waals surface area contributed by atoms with Gasteiger partial charge in [0.1, 0.15) is 5.75 Å². The standard InChI is InChI=1S/C20H21N7OS/c1-24(13-16-12-21-25(14-16)17-6-4-3-5-7-17)15-26-20(29)27(23-22-26)18-8-10-19(28-2)11-9-18/h3-12,14H,13,15H2,1-2H3. The number of tetrazole rings is 1. The third kappa shape index (κ3) is 4.25. The minimum Gasteiger partial charge on any atom is -0.497 e. The molecular weight excluding hydrogens is 386 g/mol. The second-order valence-electron chi connectivity index (χ2n) is 6.66. The Labute approximate surface area is 173 Å². The smallest absolute Gasteiger partial charge is 0.221 e. The first-order chi connectivity index (χ1) is 14.1. The second-order valence-corrected chi connectivity index (χ2v) is 7.02. The van der Waals surface area contributed by atoms with E-state index in [0.29, 0.717) is 18.0 Å². The maximum absolute atomic E-state index is 5.55. The van der Waals surface area contributed by atoms with Crippen molar-refractivity contribution in [2.75, 3.05) is 14.2 Å². The summed E-state index contributed by atoms with van der Waals surface area (Å²) in [6, 6.07) is 17.6. The van der Waals surface area contributed by atoms with Gasteiger partial charge < -0.3 is 4.74 Å². The fraction of sp³-hybridized carbons (Fsp3) is 0.200. The highest BCUT2D eigenvalue weighted by Gasteiger charge is 2.10. The number of hydrogen-bond donors (Lipinski definition) is 0. The van der Waals surface area contributed by atoms with Crippen LogP contribution in [0.2, 0.25) is 0 Å². The quantitative estimate of drug-likeness (QED) is 0.439. The molecule has 9 heteroatoms. The van der Waals surface area contributed by atoms with Crippen LogP contribution >= 0.6 is 12.2 Å². The molecule has 0 atom stereocenters. The van der Waals surface area contributed by atoms with Gasteiger partial charge in [0.25, 0.3) is 0 Å². The average Bonchev–Trinajstić information content (AvgIpc) is 3.36. The Bertz CT molecular complexity index is 1130. The summed E-state index contributed by atoms with van der Waals surface area (Å²) < 4.78 is 10.9. The summed E-state index contributed by atoms with van der Waals surface area (Å²) in [5, 5.41) is 12.8. The van der Waals surface area contributed by atoms with Crippen LogP contribution in [-0.4, -0.2) is 48.6 Å². The number of nitrogens with zero attached hydrogens (tertiary/aromatic N) is 7. The Morgan fingerprint density at radius 3 is 2.48 bits per heavy atom. The summed E-state index contributed by atoms with van der Waals surface area (Å²) in [6.45, 7) is 1.23. The molecule has 4 aromatic rings. The lowest BCUT2D eigenvalue weighted by Crippen LogP contribution is -2.22. The Hall–Kier alpha value is -3.30. The van der Waals surface area contributed by atoms with Gasteiger partial charge in [0.15, 0.2) is 0 Å². The van der Waals surface area contributed by atoms with Crippen molar-refractivity contribution in [2.45, 2.75) is 13.2 Å². The molecular formula is C20H21N7OS. The molecule has 4 rings (SSSR count). The number of ether oxygens (including phenoxy) is 1. The summed E-state index contributed by atoms with van der Waals surface area (Å²) in [7, 11) is 3.64. The van der Waals surface area contributed by atoms with Crippen LogP contribution in [0.15, 0.2) is 67.0 Å². The van der Waals surface area contributed by atoms with E-state index < -0.39 is 0 Å². The van der Waals surface area contributed by atoms with Crippen molar-refractivity contribution in [3.05, 3.63) is 77.3 Å². The molecule has 0 saturated carbocycles. The van der Waals surface area contributed by atoms with Gasteiger partial charge in [-0.05, 0) is 66.1 Å². The Kier molecular flexibility index (Phi) is 5.50. The fourth-order valence-corrected chi connectivity index (χ4v) is 3.24. The van der Waals surface area contributed by atoms with E-state index in [1.165, 1.54) is 0 Å². The van der Waals surface area contributed by atoms with E-state index in [0.717, 1.165) is 22.7 Å². The molecule has 2 heterocycles. The minimum atomic E-state index is 0.519. The lowest BCUT2D eigenvalue weighted by molar-refractivity contribution is 0.242. The maximum Gasteiger partial charge on any atom is 0.221 e. The highest BCUT2D eigenvalue weighted by atomic mass is 32.1. The van der Waals surface area contributed by atoms with E-state index in [1.54, 1.807) is 16.5 Å². The lowest BCUT2D eigenvalue weighted by Gasteiger charge is -2.14. The van der Waals surface area contributed by atoms with Crippen LogP contribution < -0.4 is 4.74 Å². The van der Waals surface area contributed by atoms with Crippen molar-refractivity contribution in [3.8, 4) is 17.1 Å².